The molecule has 1 saturated heterocycles. The average molecular weight is 299 g/mol. The smallest absolute Gasteiger partial charge is 0.235 e. The number of nitrogen functional groups attached to an aromatic ring is 1. The fraction of sp³-hybridized carbons (Fsp3) is 0.462. The van der Waals surface area contributed by atoms with Gasteiger partial charge in [-0.25, -0.2) is 4.39 Å². The van der Waals surface area contributed by atoms with E-state index < -0.39 is 16.6 Å². The number of nitrogens with two attached hydrogens (primary N) is 1. The summed E-state index contributed by atoms with van der Waals surface area (Å²) in [6, 6.07) is 3.75. The van der Waals surface area contributed by atoms with Crippen LogP contribution in [0.5, 0.6) is 0 Å². The van der Waals surface area contributed by atoms with Gasteiger partial charge in [-0.15, -0.1) is 0 Å². The second kappa shape index (κ2) is 6.32. The van der Waals surface area contributed by atoms with Gasteiger partial charge >= 0.3 is 0 Å². The molecule has 1 unspecified atom stereocenters. The zero-order chi connectivity index (χ0) is 14.7. The van der Waals surface area contributed by atoms with Crippen molar-refractivity contribution in [3.8, 4) is 0 Å². The zero-order valence-corrected chi connectivity index (χ0v) is 12.2. The fourth-order valence-corrected chi connectivity index (χ4v) is 3.14. The number of amides is 1. The van der Waals surface area contributed by atoms with Crippen LogP contribution < -0.4 is 5.73 Å². The number of halogens is 1. The molecule has 0 aliphatic carbocycles. The van der Waals surface area contributed by atoms with Crippen LogP contribution in [0.4, 0.5) is 10.1 Å². The van der Waals surface area contributed by atoms with Crippen molar-refractivity contribution in [2.75, 3.05) is 44.7 Å². The molecule has 1 fully saturated rings. The number of carbonyl (C=O) groups excluding carboxylic acids is 1. The topological polar surface area (TPSA) is 66.6 Å². The summed E-state index contributed by atoms with van der Waals surface area (Å²) < 4.78 is 25.3. The molecule has 1 aromatic rings. The van der Waals surface area contributed by atoms with E-state index in [9.17, 15) is 13.4 Å². The van der Waals surface area contributed by atoms with Crippen LogP contribution in [0.2, 0.25) is 0 Å². The number of anilines is 1. The second-order valence-corrected chi connectivity index (χ2v) is 6.35. The summed E-state index contributed by atoms with van der Waals surface area (Å²) in [7, 11) is 0.426. The molecule has 2 N–H and O–H groups in total. The van der Waals surface area contributed by atoms with Crippen LogP contribution in [0.25, 0.3) is 0 Å². The SMILES string of the molecule is CN1CCN(C(=O)CS(=O)c2cc(N)cc(F)c2)CC1. The largest absolute Gasteiger partial charge is 0.399 e. The highest BCUT2D eigenvalue weighted by Crippen LogP contribution is 2.15. The summed E-state index contributed by atoms with van der Waals surface area (Å²) >= 11 is 0. The van der Waals surface area contributed by atoms with Crippen LogP contribution >= 0.6 is 0 Å². The minimum absolute atomic E-state index is 0.132. The van der Waals surface area contributed by atoms with Crippen LogP contribution in [0.15, 0.2) is 23.1 Å². The maximum atomic E-state index is 13.2. The Bertz CT molecular complexity index is 510. The van der Waals surface area contributed by atoms with Gasteiger partial charge in [-0.1, -0.05) is 0 Å². The van der Waals surface area contributed by atoms with E-state index in [1.54, 1.807) is 4.90 Å². The van der Waals surface area contributed by atoms with Gasteiger partial charge in [0, 0.05) is 36.8 Å². The maximum absolute atomic E-state index is 13.2. The lowest BCUT2D eigenvalue weighted by molar-refractivity contribution is -0.129. The molecule has 1 aliphatic heterocycles. The molecular weight excluding hydrogens is 281 g/mol. The Balaban J connectivity index is 1.98. The quantitative estimate of drug-likeness (QED) is 0.815. The second-order valence-electron chi connectivity index (χ2n) is 4.89. The monoisotopic (exact) mass is 299 g/mol. The van der Waals surface area contributed by atoms with E-state index in [1.807, 2.05) is 7.05 Å². The number of hydrogen-bond donors (Lipinski definition) is 1. The zero-order valence-electron chi connectivity index (χ0n) is 11.3. The summed E-state index contributed by atoms with van der Waals surface area (Å²) in [5.41, 5.74) is 5.72. The summed E-state index contributed by atoms with van der Waals surface area (Å²) in [5, 5.41) is 0. The highest BCUT2D eigenvalue weighted by molar-refractivity contribution is 7.85. The molecule has 5 nitrogen and oxygen atoms in total. The average Bonchev–Trinajstić information content (AvgIpc) is 2.38. The van der Waals surface area contributed by atoms with Crippen molar-refractivity contribution < 1.29 is 13.4 Å². The molecule has 0 radical (unpaired) electrons. The minimum atomic E-state index is -1.57. The Morgan fingerprint density at radius 3 is 2.55 bits per heavy atom. The first kappa shape index (κ1) is 14.9. The van der Waals surface area contributed by atoms with Crippen molar-refractivity contribution in [2.45, 2.75) is 4.90 Å². The summed E-state index contributed by atoms with van der Waals surface area (Å²) in [6.07, 6.45) is 0. The van der Waals surface area contributed by atoms with Gasteiger partial charge in [0.25, 0.3) is 0 Å². The Kier molecular flexibility index (Phi) is 4.72. The molecule has 1 atom stereocenters. The number of rotatable bonds is 3. The molecule has 20 heavy (non-hydrogen) atoms. The van der Waals surface area contributed by atoms with Gasteiger partial charge in [0.05, 0.1) is 10.8 Å². The lowest BCUT2D eigenvalue weighted by Gasteiger charge is -2.32. The highest BCUT2D eigenvalue weighted by atomic mass is 32.2. The predicted molar refractivity (Wildman–Crippen MR) is 76.2 cm³/mol. The first-order valence-corrected chi connectivity index (χ1v) is 7.68. The molecule has 2 rings (SSSR count). The standard InChI is InChI=1S/C13H18FN3O2S/c1-16-2-4-17(5-3-16)13(18)9-20(19)12-7-10(14)6-11(15)8-12/h6-8H,2-5,9,15H2,1H3. The molecule has 1 heterocycles. The van der Waals surface area contributed by atoms with E-state index in [4.69, 9.17) is 5.73 Å². The highest BCUT2D eigenvalue weighted by Gasteiger charge is 2.21. The van der Waals surface area contributed by atoms with Crippen LogP contribution in [0.3, 0.4) is 0 Å². The predicted octanol–water partition coefficient (Wildman–Crippen LogP) is 0.289. The molecule has 0 aromatic heterocycles. The third-order valence-corrected chi connectivity index (χ3v) is 4.54. The molecular formula is C13H18FN3O2S. The third kappa shape index (κ3) is 3.77. The van der Waals surface area contributed by atoms with E-state index >= 15 is 0 Å². The van der Waals surface area contributed by atoms with Crippen LogP contribution in [0, 0.1) is 5.82 Å². The summed E-state index contributed by atoms with van der Waals surface area (Å²) in [5.74, 6) is -0.841. The van der Waals surface area contributed by atoms with Crippen LogP contribution in [-0.2, 0) is 15.6 Å². The van der Waals surface area contributed by atoms with E-state index in [2.05, 4.69) is 4.90 Å². The number of carbonyl (C=O) groups is 1. The molecule has 7 heteroatoms. The Morgan fingerprint density at radius 2 is 1.95 bits per heavy atom. The Labute approximate surface area is 120 Å². The summed E-state index contributed by atoms with van der Waals surface area (Å²) in [4.78, 5) is 16.1. The van der Waals surface area contributed by atoms with Gasteiger partial charge in [0.15, 0.2) is 0 Å². The Morgan fingerprint density at radius 1 is 1.30 bits per heavy atom. The number of piperazine rings is 1. The van der Waals surface area contributed by atoms with E-state index in [0.717, 1.165) is 25.2 Å². The molecule has 0 saturated carbocycles. The number of likely N-dealkylation sites (N-methyl/N-ethyl adjacent to an activating group) is 1. The first-order chi connectivity index (χ1) is 9.45. The van der Waals surface area contributed by atoms with Gasteiger partial charge in [-0.3, -0.25) is 9.00 Å². The van der Waals surface area contributed by atoms with Crippen LogP contribution in [0.1, 0.15) is 0 Å². The van der Waals surface area contributed by atoms with Crippen molar-refractivity contribution in [3.05, 3.63) is 24.0 Å². The van der Waals surface area contributed by atoms with Crippen LogP contribution in [-0.4, -0.2) is 58.9 Å². The summed E-state index contributed by atoms with van der Waals surface area (Å²) in [6.45, 7) is 2.90. The van der Waals surface area contributed by atoms with E-state index in [-0.39, 0.29) is 22.2 Å². The number of benzene rings is 1. The lowest BCUT2D eigenvalue weighted by atomic mass is 10.3. The molecule has 1 aromatic carbocycles. The van der Waals surface area contributed by atoms with Gasteiger partial charge in [-0.05, 0) is 25.2 Å². The van der Waals surface area contributed by atoms with E-state index in [0.29, 0.717) is 13.1 Å². The molecule has 110 valence electrons. The Hall–Kier alpha value is -1.47. The van der Waals surface area contributed by atoms with Gasteiger partial charge in [0.2, 0.25) is 5.91 Å². The van der Waals surface area contributed by atoms with Gasteiger partial charge in [0.1, 0.15) is 11.6 Å². The fourth-order valence-electron chi connectivity index (χ4n) is 2.06. The maximum Gasteiger partial charge on any atom is 0.235 e. The van der Waals surface area contributed by atoms with Gasteiger partial charge < -0.3 is 15.5 Å². The van der Waals surface area contributed by atoms with Crippen molar-refractivity contribution in [1.29, 1.82) is 0 Å². The van der Waals surface area contributed by atoms with Crippen molar-refractivity contribution in [2.24, 2.45) is 0 Å². The number of hydrogen-bond acceptors (Lipinski definition) is 4. The molecule has 0 spiro atoms. The van der Waals surface area contributed by atoms with Crippen molar-refractivity contribution >= 4 is 22.4 Å². The lowest BCUT2D eigenvalue weighted by Crippen LogP contribution is -2.48. The molecule has 1 amide bonds. The number of nitrogens with zero attached hydrogens (tertiary/aromatic N) is 2. The molecule has 1 aliphatic rings. The molecule has 0 bridgehead atoms. The van der Waals surface area contributed by atoms with Gasteiger partial charge in [-0.2, -0.15) is 0 Å². The first-order valence-electron chi connectivity index (χ1n) is 6.36. The minimum Gasteiger partial charge on any atom is -0.399 e. The van der Waals surface area contributed by atoms with E-state index in [1.165, 1.54) is 6.07 Å². The third-order valence-electron chi connectivity index (χ3n) is 3.27. The van der Waals surface area contributed by atoms with Crippen molar-refractivity contribution in [3.63, 3.8) is 0 Å². The van der Waals surface area contributed by atoms with Crippen molar-refractivity contribution in [1.82, 2.24) is 9.80 Å². The normalized spacial score (nSPS) is 18.0.